The molecule has 0 aliphatic rings. The van der Waals surface area contributed by atoms with Crippen molar-refractivity contribution in [3.63, 3.8) is 0 Å². The van der Waals surface area contributed by atoms with Crippen LogP contribution >= 0.6 is 0 Å². The van der Waals surface area contributed by atoms with Gasteiger partial charge in [0.05, 0.1) is 20.5 Å². The van der Waals surface area contributed by atoms with E-state index in [0.29, 0.717) is 29.8 Å². The zero-order valence-corrected chi connectivity index (χ0v) is 9.21. The Kier molecular flexibility index (Phi) is 4.16. The van der Waals surface area contributed by atoms with Gasteiger partial charge in [-0.3, -0.25) is 0 Å². The lowest BCUT2D eigenvalue weighted by molar-refractivity contribution is 0.354. The van der Waals surface area contributed by atoms with Gasteiger partial charge in [0.25, 0.3) is 0 Å². The lowest BCUT2D eigenvalue weighted by atomic mass is 10.1. The molecule has 0 radical (unpaired) electrons. The van der Waals surface area contributed by atoms with E-state index in [-0.39, 0.29) is 0 Å². The van der Waals surface area contributed by atoms with Crippen molar-refractivity contribution in [1.29, 1.82) is 0 Å². The maximum absolute atomic E-state index is 12.2. The second kappa shape index (κ2) is 5.39. The van der Waals surface area contributed by atoms with Crippen LogP contribution < -0.4 is 9.47 Å². The molecule has 15 heavy (non-hydrogen) atoms. The summed E-state index contributed by atoms with van der Waals surface area (Å²) in [6, 6.07) is 5.57. The number of allylic oxidation sites excluding steroid dienone is 1. The third-order valence-corrected chi connectivity index (χ3v) is 2.12. The molecule has 0 atom stereocenters. The van der Waals surface area contributed by atoms with Crippen LogP contribution in [0.4, 0.5) is 4.39 Å². The van der Waals surface area contributed by atoms with Crippen LogP contribution in [0.1, 0.15) is 12.5 Å². The third kappa shape index (κ3) is 2.98. The minimum Gasteiger partial charge on any atom is -0.493 e. The van der Waals surface area contributed by atoms with Crippen LogP contribution in [0.5, 0.6) is 11.5 Å². The largest absolute Gasteiger partial charge is 0.493 e. The lowest BCUT2D eigenvalue weighted by Crippen LogP contribution is -1.93. The first kappa shape index (κ1) is 11.6. The highest BCUT2D eigenvalue weighted by molar-refractivity contribution is 5.43. The summed E-state index contributed by atoms with van der Waals surface area (Å²) in [5.74, 6) is 1.35. The van der Waals surface area contributed by atoms with E-state index in [0.717, 1.165) is 5.56 Å². The zero-order chi connectivity index (χ0) is 11.3. The molecule has 0 saturated carbocycles. The molecule has 0 heterocycles. The Balaban J connectivity index is 2.93. The molecular weight excluding hydrogens is 195 g/mol. The second-order valence-corrected chi connectivity index (χ2v) is 3.32. The van der Waals surface area contributed by atoms with Gasteiger partial charge in [-0.05, 0) is 36.6 Å². The molecule has 0 N–H and O–H groups in total. The van der Waals surface area contributed by atoms with E-state index >= 15 is 0 Å². The Labute approximate surface area is 89.3 Å². The quantitative estimate of drug-likeness (QED) is 0.760. The minimum atomic E-state index is 0.580. The van der Waals surface area contributed by atoms with Crippen LogP contribution in [0, 0.1) is 0 Å². The normalized spacial score (nSPS) is 11.3. The standard InChI is InChI=1S/C12H15FO2/c1-9(8-13)6-10-4-5-11(14-2)12(7-10)15-3/h4-5,7-8H,6H2,1-3H3/b9-8+. The minimum absolute atomic E-state index is 0.580. The molecule has 0 saturated heterocycles. The monoisotopic (exact) mass is 210 g/mol. The van der Waals surface area contributed by atoms with Gasteiger partial charge in [0.15, 0.2) is 11.5 Å². The van der Waals surface area contributed by atoms with Gasteiger partial charge in [0.1, 0.15) is 0 Å². The Bertz CT molecular complexity index is 359. The Morgan fingerprint density at radius 2 is 1.93 bits per heavy atom. The van der Waals surface area contributed by atoms with Gasteiger partial charge in [0, 0.05) is 0 Å². The topological polar surface area (TPSA) is 18.5 Å². The molecule has 2 nitrogen and oxygen atoms in total. The molecule has 82 valence electrons. The van der Waals surface area contributed by atoms with Crippen LogP contribution in [-0.2, 0) is 6.42 Å². The zero-order valence-electron chi connectivity index (χ0n) is 9.21. The third-order valence-electron chi connectivity index (χ3n) is 2.12. The average Bonchev–Trinajstić information content (AvgIpc) is 2.28. The molecule has 1 aromatic carbocycles. The van der Waals surface area contributed by atoms with Gasteiger partial charge in [-0.1, -0.05) is 6.07 Å². The highest BCUT2D eigenvalue weighted by Gasteiger charge is 2.04. The summed E-state index contributed by atoms with van der Waals surface area (Å²) in [6.07, 6.45) is 1.20. The first-order valence-corrected chi connectivity index (χ1v) is 4.68. The van der Waals surface area contributed by atoms with Crippen LogP contribution in [-0.4, -0.2) is 14.2 Å². The number of hydrogen-bond donors (Lipinski definition) is 0. The maximum atomic E-state index is 12.2. The Morgan fingerprint density at radius 1 is 1.27 bits per heavy atom. The predicted octanol–water partition coefficient (Wildman–Crippen LogP) is 3.12. The first-order valence-electron chi connectivity index (χ1n) is 4.68. The van der Waals surface area contributed by atoms with Crippen LogP contribution in [0.25, 0.3) is 0 Å². The van der Waals surface area contributed by atoms with Crippen molar-refractivity contribution in [2.45, 2.75) is 13.3 Å². The van der Waals surface area contributed by atoms with Gasteiger partial charge >= 0.3 is 0 Å². The average molecular weight is 210 g/mol. The molecule has 0 spiro atoms. The van der Waals surface area contributed by atoms with E-state index in [4.69, 9.17) is 9.47 Å². The summed E-state index contributed by atoms with van der Waals surface area (Å²) >= 11 is 0. The fourth-order valence-corrected chi connectivity index (χ4v) is 1.35. The van der Waals surface area contributed by atoms with Crippen molar-refractivity contribution in [3.05, 3.63) is 35.7 Å². The van der Waals surface area contributed by atoms with Crippen molar-refractivity contribution >= 4 is 0 Å². The molecule has 1 aromatic rings. The molecule has 0 aliphatic carbocycles. The van der Waals surface area contributed by atoms with E-state index in [1.807, 2.05) is 18.2 Å². The number of rotatable bonds is 4. The fraction of sp³-hybridized carbons (Fsp3) is 0.333. The summed E-state index contributed by atoms with van der Waals surface area (Å²) in [6.45, 7) is 1.75. The Hall–Kier alpha value is -1.51. The molecule has 0 bridgehead atoms. The number of halogens is 1. The van der Waals surface area contributed by atoms with Crippen molar-refractivity contribution in [2.24, 2.45) is 0 Å². The van der Waals surface area contributed by atoms with Crippen LogP contribution in [0.3, 0.4) is 0 Å². The summed E-state index contributed by atoms with van der Waals surface area (Å²) in [7, 11) is 3.17. The smallest absolute Gasteiger partial charge is 0.160 e. The molecule has 0 aliphatic heterocycles. The number of hydrogen-bond acceptors (Lipinski definition) is 2. The van der Waals surface area contributed by atoms with Gasteiger partial charge in [-0.25, -0.2) is 4.39 Å². The van der Waals surface area contributed by atoms with Crippen molar-refractivity contribution < 1.29 is 13.9 Å². The second-order valence-electron chi connectivity index (χ2n) is 3.32. The van der Waals surface area contributed by atoms with E-state index in [1.165, 1.54) is 0 Å². The summed E-state index contributed by atoms with van der Waals surface area (Å²) < 4.78 is 22.4. The molecule has 0 fully saturated rings. The molecule has 0 unspecified atom stereocenters. The van der Waals surface area contributed by atoms with E-state index in [1.54, 1.807) is 21.1 Å². The number of benzene rings is 1. The summed E-state index contributed by atoms with van der Waals surface area (Å²) in [5, 5.41) is 0. The molecule has 0 amide bonds. The number of ether oxygens (including phenoxy) is 2. The van der Waals surface area contributed by atoms with Crippen molar-refractivity contribution in [3.8, 4) is 11.5 Å². The van der Waals surface area contributed by atoms with E-state index < -0.39 is 0 Å². The van der Waals surface area contributed by atoms with E-state index in [2.05, 4.69) is 0 Å². The van der Waals surface area contributed by atoms with Crippen molar-refractivity contribution in [2.75, 3.05) is 14.2 Å². The summed E-state index contributed by atoms with van der Waals surface area (Å²) in [4.78, 5) is 0. The molecule has 3 heteroatoms. The number of methoxy groups -OCH3 is 2. The van der Waals surface area contributed by atoms with Gasteiger partial charge in [-0.2, -0.15) is 0 Å². The maximum Gasteiger partial charge on any atom is 0.160 e. The highest BCUT2D eigenvalue weighted by Crippen LogP contribution is 2.28. The van der Waals surface area contributed by atoms with Gasteiger partial charge < -0.3 is 9.47 Å². The first-order chi connectivity index (χ1) is 7.21. The lowest BCUT2D eigenvalue weighted by Gasteiger charge is -2.09. The predicted molar refractivity (Wildman–Crippen MR) is 58.1 cm³/mol. The van der Waals surface area contributed by atoms with Gasteiger partial charge in [-0.15, -0.1) is 0 Å². The highest BCUT2D eigenvalue weighted by atomic mass is 19.1. The molecule has 0 aromatic heterocycles. The van der Waals surface area contributed by atoms with Gasteiger partial charge in [0.2, 0.25) is 0 Å². The SMILES string of the molecule is COc1ccc(C/C(C)=C/F)cc1OC. The van der Waals surface area contributed by atoms with Crippen LogP contribution in [0.2, 0.25) is 0 Å². The van der Waals surface area contributed by atoms with Crippen LogP contribution in [0.15, 0.2) is 30.1 Å². The fourth-order valence-electron chi connectivity index (χ4n) is 1.35. The summed E-state index contributed by atoms with van der Waals surface area (Å²) in [5.41, 5.74) is 1.68. The molecule has 1 rings (SSSR count). The van der Waals surface area contributed by atoms with Crippen molar-refractivity contribution in [1.82, 2.24) is 0 Å². The molecular formula is C12H15FO2. The Morgan fingerprint density at radius 3 is 2.47 bits per heavy atom. The van der Waals surface area contributed by atoms with E-state index in [9.17, 15) is 4.39 Å².